The molecule has 2 heterocycles. The lowest BCUT2D eigenvalue weighted by atomic mass is 10.1. The van der Waals surface area contributed by atoms with Crippen LogP contribution in [0.3, 0.4) is 0 Å². The van der Waals surface area contributed by atoms with Crippen LogP contribution in [0.4, 0.5) is 8.78 Å². The maximum Gasteiger partial charge on any atom is 0.345 e. The van der Waals surface area contributed by atoms with E-state index in [-0.39, 0.29) is 11.3 Å². The van der Waals surface area contributed by atoms with Crippen LogP contribution >= 0.6 is 11.3 Å². The van der Waals surface area contributed by atoms with E-state index in [2.05, 4.69) is 15.0 Å². The highest BCUT2D eigenvalue weighted by Crippen LogP contribution is 2.30. The smallest absolute Gasteiger partial charge is 0.345 e. The molecule has 0 radical (unpaired) electrons. The number of fused-ring (bicyclic) bond motifs is 1. The number of carbonyl (C=O) groups excluding carboxylic acids is 2. The molecule has 8 nitrogen and oxygen atoms in total. The lowest BCUT2D eigenvalue weighted by Crippen LogP contribution is -2.47. The first-order valence-electron chi connectivity index (χ1n) is 8.81. The summed E-state index contributed by atoms with van der Waals surface area (Å²) in [5.74, 6) is -0.921. The number of primary amides is 1. The van der Waals surface area contributed by atoms with Crippen molar-refractivity contribution in [3.8, 4) is 5.75 Å². The minimum absolute atomic E-state index is 0.146. The molecule has 0 bridgehead atoms. The third-order valence-corrected chi connectivity index (χ3v) is 5.22. The number of halogens is 2. The molecule has 2 amide bonds. The zero-order chi connectivity index (χ0) is 21.8. The summed E-state index contributed by atoms with van der Waals surface area (Å²) in [6.07, 6.45) is 0. The van der Waals surface area contributed by atoms with Gasteiger partial charge >= 0.3 is 6.61 Å². The summed E-state index contributed by atoms with van der Waals surface area (Å²) in [5, 5.41) is 2.76. The molecular formula is C19H19F2N3O5S. The van der Waals surface area contributed by atoms with Crippen molar-refractivity contribution in [3.05, 3.63) is 45.6 Å². The Balaban J connectivity index is 1.81. The van der Waals surface area contributed by atoms with Crippen molar-refractivity contribution in [2.24, 2.45) is 5.73 Å². The van der Waals surface area contributed by atoms with Crippen LogP contribution in [0.5, 0.6) is 5.75 Å². The van der Waals surface area contributed by atoms with Crippen LogP contribution in [0, 0.1) is 13.8 Å². The van der Waals surface area contributed by atoms with Crippen molar-refractivity contribution in [2.75, 3.05) is 6.61 Å². The molecule has 0 aliphatic carbocycles. The van der Waals surface area contributed by atoms with E-state index in [9.17, 15) is 18.4 Å². The molecule has 1 atom stereocenters. The molecule has 3 rings (SSSR count). The topological polar surface area (TPSA) is 117 Å². The van der Waals surface area contributed by atoms with Crippen molar-refractivity contribution in [3.63, 3.8) is 0 Å². The molecule has 11 heteroatoms. The number of alkyl halides is 2. The minimum atomic E-state index is -3.10. The van der Waals surface area contributed by atoms with Gasteiger partial charge in [0.05, 0.1) is 28.3 Å². The Kier molecular flexibility index (Phi) is 6.63. The van der Waals surface area contributed by atoms with Crippen LogP contribution in [0.2, 0.25) is 0 Å². The van der Waals surface area contributed by atoms with Gasteiger partial charge in [0, 0.05) is 5.39 Å². The fourth-order valence-corrected chi connectivity index (χ4v) is 3.47. The number of ether oxygens (including phenoxy) is 2. The molecule has 0 saturated heterocycles. The van der Waals surface area contributed by atoms with Gasteiger partial charge in [-0.1, -0.05) is 0 Å². The fraction of sp³-hybridized carbons (Fsp3) is 0.316. The molecule has 0 saturated carbocycles. The molecular weight excluding hydrogens is 420 g/mol. The highest BCUT2D eigenvalue weighted by atomic mass is 32.1. The molecule has 1 unspecified atom stereocenters. The maximum absolute atomic E-state index is 12.7. The standard InChI is InChI=1S/C19H19F2N3O5S/c1-9-15(30-8-23-9)7-27-11-3-4-14-12(5-11)16(10(2)29-14)18(26)24-13(17(22)25)6-28-19(20)21/h3-5,8,13,19H,6-7H2,1-2H3,(H2,22,25)(H,24,26). The number of thiazole rings is 1. The van der Waals surface area contributed by atoms with Crippen LogP contribution in [0.25, 0.3) is 11.0 Å². The Bertz CT molecular complexity index is 1070. The third-order valence-electron chi connectivity index (χ3n) is 4.31. The summed E-state index contributed by atoms with van der Waals surface area (Å²) in [7, 11) is 0. The van der Waals surface area contributed by atoms with Crippen LogP contribution in [-0.2, 0) is 16.1 Å². The molecule has 3 aromatic rings. The van der Waals surface area contributed by atoms with E-state index in [1.807, 2.05) is 6.92 Å². The van der Waals surface area contributed by atoms with Gasteiger partial charge in [0.2, 0.25) is 5.91 Å². The van der Waals surface area contributed by atoms with Crippen molar-refractivity contribution >= 4 is 34.1 Å². The monoisotopic (exact) mass is 439 g/mol. The lowest BCUT2D eigenvalue weighted by Gasteiger charge is -2.15. The highest BCUT2D eigenvalue weighted by Gasteiger charge is 2.25. The summed E-state index contributed by atoms with van der Waals surface area (Å²) in [6.45, 7) is -0.0779. The number of aromatic nitrogens is 1. The minimum Gasteiger partial charge on any atom is -0.488 e. The van der Waals surface area contributed by atoms with Gasteiger partial charge in [-0.25, -0.2) is 4.98 Å². The summed E-state index contributed by atoms with van der Waals surface area (Å²) < 4.78 is 40.0. The number of nitrogens with one attached hydrogen (secondary N) is 1. The number of benzene rings is 1. The van der Waals surface area contributed by atoms with Crippen LogP contribution in [0.1, 0.15) is 26.7 Å². The average molecular weight is 439 g/mol. The van der Waals surface area contributed by atoms with Crippen LogP contribution in [-0.4, -0.2) is 36.1 Å². The number of carbonyl (C=O) groups is 2. The van der Waals surface area contributed by atoms with E-state index in [0.717, 1.165) is 10.6 Å². The molecule has 0 aliphatic heterocycles. The second-order valence-corrected chi connectivity index (χ2v) is 7.30. The van der Waals surface area contributed by atoms with Gasteiger partial charge in [0.25, 0.3) is 5.91 Å². The number of hydrogen-bond donors (Lipinski definition) is 2. The Morgan fingerprint density at radius 3 is 2.73 bits per heavy atom. The summed E-state index contributed by atoms with van der Waals surface area (Å²) in [5.41, 5.74) is 8.35. The van der Waals surface area contributed by atoms with E-state index in [1.54, 1.807) is 30.6 Å². The third kappa shape index (κ3) is 4.92. The Labute approximate surface area is 174 Å². The molecule has 0 spiro atoms. The maximum atomic E-state index is 12.7. The predicted octanol–water partition coefficient (Wildman–Crippen LogP) is 2.91. The van der Waals surface area contributed by atoms with Gasteiger partial charge < -0.3 is 24.9 Å². The van der Waals surface area contributed by atoms with Gasteiger partial charge in [-0.2, -0.15) is 8.78 Å². The van der Waals surface area contributed by atoms with E-state index in [0.29, 0.717) is 23.3 Å². The number of hydrogen-bond acceptors (Lipinski definition) is 7. The second-order valence-electron chi connectivity index (χ2n) is 6.36. The van der Waals surface area contributed by atoms with Gasteiger partial charge in [-0.05, 0) is 32.0 Å². The first-order valence-corrected chi connectivity index (χ1v) is 9.69. The molecule has 2 aromatic heterocycles. The van der Waals surface area contributed by atoms with Gasteiger partial charge in [-0.15, -0.1) is 11.3 Å². The van der Waals surface area contributed by atoms with E-state index < -0.39 is 31.1 Å². The number of aryl methyl sites for hydroxylation is 2. The van der Waals surface area contributed by atoms with Crippen molar-refractivity contribution in [1.82, 2.24) is 10.3 Å². The molecule has 160 valence electrons. The first-order chi connectivity index (χ1) is 14.3. The molecule has 0 aliphatic rings. The van der Waals surface area contributed by atoms with Crippen molar-refractivity contribution < 1.29 is 32.3 Å². The number of rotatable bonds is 9. The molecule has 3 N–H and O–H groups in total. The second kappa shape index (κ2) is 9.18. The normalized spacial score (nSPS) is 12.3. The Morgan fingerprint density at radius 2 is 2.10 bits per heavy atom. The van der Waals surface area contributed by atoms with Crippen molar-refractivity contribution in [1.29, 1.82) is 0 Å². The summed E-state index contributed by atoms with van der Waals surface area (Å²) in [6, 6.07) is 3.56. The number of nitrogens with two attached hydrogens (primary N) is 1. The summed E-state index contributed by atoms with van der Waals surface area (Å²) in [4.78, 5) is 29.3. The predicted molar refractivity (Wildman–Crippen MR) is 105 cm³/mol. The molecule has 1 aromatic carbocycles. The fourth-order valence-electron chi connectivity index (χ4n) is 2.78. The Morgan fingerprint density at radius 1 is 1.33 bits per heavy atom. The highest BCUT2D eigenvalue weighted by molar-refractivity contribution is 7.09. The van der Waals surface area contributed by atoms with Crippen LogP contribution < -0.4 is 15.8 Å². The number of amides is 2. The lowest BCUT2D eigenvalue weighted by molar-refractivity contribution is -0.141. The summed E-state index contributed by atoms with van der Waals surface area (Å²) >= 11 is 1.47. The quantitative estimate of drug-likeness (QED) is 0.530. The van der Waals surface area contributed by atoms with Crippen LogP contribution in [0.15, 0.2) is 28.1 Å². The van der Waals surface area contributed by atoms with Gasteiger partial charge in [0.1, 0.15) is 29.7 Å². The number of furan rings is 1. The van der Waals surface area contributed by atoms with E-state index in [4.69, 9.17) is 14.9 Å². The Hall–Kier alpha value is -3.05. The van der Waals surface area contributed by atoms with Gasteiger partial charge in [-0.3, -0.25) is 9.59 Å². The molecule has 30 heavy (non-hydrogen) atoms. The SMILES string of the molecule is Cc1ncsc1COc1ccc2oc(C)c(C(=O)NC(COC(F)F)C(N)=O)c2c1. The molecule has 0 fully saturated rings. The largest absolute Gasteiger partial charge is 0.488 e. The van der Waals surface area contributed by atoms with E-state index in [1.165, 1.54) is 11.3 Å². The first kappa shape index (κ1) is 21.7. The average Bonchev–Trinajstić information content (AvgIpc) is 3.24. The van der Waals surface area contributed by atoms with Crippen molar-refractivity contribution in [2.45, 2.75) is 33.1 Å². The van der Waals surface area contributed by atoms with E-state index >= 15 is 0 Å². The zero-order valence-corrected chi connectivity index (χ0v) is 16.9. The van der Waals surface area contributed by atoms with Gasteiger partial charge in [0.15, 0.2) is 0 Å². The zero-order valence-electron chi connectivity index (χ0n) is 16.1. The number of nitrogens with zero attached hydrogens (tertiary/aromatic N) is 1.